The zero-order valence-corrected chi connectivity index (χ0v) is 11.2. The normalized spacial score (nSPS) is 32.5. The van der Waals surface area contributed by atoms with Crippen molar-refractivity contribution in [1.29, 1.82) is 0 Å². The molecule has 1 rings (SSSR count). The molecule has 0 radical (unpaired) electrons. The SMILES string of the molecule is CC1CCC1(CNC(C)(C)C)S(C)(=O)=O. The average Bonchev–Trinajstić information content (AvgIpc) is 1.97. The number of hydrogen-bond donors (Lipinski definition) is 1. The van der Waals surface area contributed by atoms with Crippen LogP contribution in [0, 0.1) is 5.92 Å². The summed E-state index contributed by atoms with van der Waals surface area (Å²) in [5.74, 6) is 0.280. The molecule has 2 unspecified atom stereocenters. The minimum absolute atomic E-state index is 0.0208. The van der Waals surface area contributed by atoms with Gasteiger partial charge in [0.2, 0.25) is 0 Å². The van der Waals surface area contributed by atoms with Crippen LogP contribution in [0.3, 0.4) is 0 Å². The van der Waals surface area contributed by atoms with Crippen molar-refractivity contribution in [2.75, 3.05) is 12.8 Å². The van der Waals surface area contributed by atoms with Crippen LogP contribution in [0.5, 0.6) is 0 Å². The largest absolute Gasteiger partial charge is 0.310 e. The van der Waals surface area contributed by atoms with E-state index in [1.54, 1.807) is 0 Å². The molecule has 1 aliphatic carbocycles. The fourth-order valence-corrected chi connectivity index (χ4v) is 3.79. The molecule has 4 heteroatoms. The van der Waals surface area contributed by atoms with Gasteiger partial charge >= 0.3 is 0 Å². The highest BCUT2D eigenvalue weighted by atomic mass is 32.2. The first-order valence-electron chi connectivity index (χ1n) is 5.53. The molecule has 15 heavy (non-hydrogen) atoms. The van der Waals surface area contributed by atoms with Crippen molar-refractivity contribution >= 4 is 9.84 Å². The zero-order valence-electron chi connectivity index (χ0n) is 10.4. The van der Waals surface area contributed by atoms with Crippen molar-refractivity contribution in [3.8, 4) is 0 Å². The van der Waals surface area contributed by atoms with Gasteiger partial charge in [-0.25, -0.2) is 8.42 Å². The van der Waals surface area contributed by atoms with Gasteiger partial charge in [0, 0.05) is 18.3 Å². The first-order valence-corrected chi connectivity index (χ1v) is 7.42. The topological polar surface area (TPSA) is 46.2 Å². The third kappa shape index (κ3) is 2.53. The lowest BCUT2D eigenvalue weighted by molar-refractivity contribution is 0.202. The predicted molar refractivity (Wildman–Crippen MR) is 63.7 cm³/mol. The van der Waals surface area contributed by atoms with Crippen LogP contribution in [-0.2, 0) is 9.84 Å². The highest BCUT2D eigenvalue weighted by molar-refractivity contribution is 7.92. The molecule has 1 fully saturated rings. The Hall–Kier alpha value is -0.0900. The number of hydrogen-bond acceptors (Lipinski definition) is 3. The summed E-state index contributed by atoms with van der Waals surface area (Å²) in [4.78, 5) is 0. The molecule has 1 N–H and O–H groups in total. The zero-order chi connectivity index (χ0) is 11.9. The molecule has 0 aromatic rings. The molecule has 0 aromatic carbocycles. The molecule has 0 heterocycles. The lowest BCUT2D eigenvalue weighted by atomic mass is 9.73. The van der Waals surface area contributed by atoms with Crippen LogP contribution in [0.2, 0.25) is 0 Å². The van der Waals surface area contributed by atoms with Gasteiger partial charge in [0.15, 0.2) is 9.84 Å². The van der Waals surface area contributed by atoms with E-state index < -0.39 is 14.6 Å². The van der Waals surface area contributed by atoms with Crippen molar-refractivity contribution < 1.29 is 8.42 Å². The molecule has 0 aliphatic heterocycles. The fraction of sp³-hybridized carbons (Fsp3) is 1.00. The van der Waals surface area contributed by atoms with Gasteiger partial charge in [0.25, 0.3) is 0 Å². The molecule has 1 saturated carbocycles. The summed E-state index contributed by atoms with van der Waals surface area (Å²) in [7, 11) is -2.96. The Balaban J connectivity index is 2.78. The highest BCUT2D eigenvalue weighted by Crippen LogP contribution is 2.44. The first-order chi connectivity index (χ1) is 6.58. The van der Waals surface area contributed by atoms with Crippen LogP contribution in [0.4, 0.5) is 0 Å². The van der Waals surface area contributed by atoms with Crippen LogP contribution in [0.15, 0.2) is 0 Å². The Labute approximate surface area is 93.6 Å². The van der Waals surface area contributed by atoms with E-state index in [-0.39, 0.29) is 11.5 Å². The molecule has 1 aliphatic rings. The van der Waals surface area contributed by atoms with E-state index in [1.165, 1.54) is 6.26 Å². The van der Waals surface area contributed by atoms with E-state index in [4.69, 9.17) is 0 Å². The van der Waals surface area contributed by atoms with E-state index >= 15 is 0 Å². The number of sulfone groups is 1. The van der Waals surface area contributed by atoms with E-state index in [9.17, 15) is 8.42 Å². The molecule has 0 amide bonds. The summed E-state index contributed by atoms with van der Waals surface area (Å²) in [6.45, 7) is 8.80. The van der Waals surface area contributed by atoms with Gasteiger partial charge in [0.1, 0.15) is 0 Å². The molecule has 90 valence electrons. The number of rotatable bonds is 3. The summed E-state index contributed by atoms with van der Waals surface area (Å²) in [5.41, 5.74) is -0.0208. The van der Waals surface area contributed by atoms with Gasteiger partial charge in [-0.05, 0) is 39.5 Å². The quantitative estimate of drug-likeness (QED) is 0.805. The molecule has 0 aromatic heterocycles. The van der Waals surface area contributed by atoms with Crippen LogP contribution in [-0.4, -0.2) is 31.5 Å². The maximum Gasteiger partial charge on any atom is 0.154 e. The first kappa shape index (κ1) is 13.0. The number of nitrogens with one attached hydrogen (secondary N) is 1. The Morgan fingerprint density at radius 1 is 1.40 bits per heavy atom. The van der Waals surface area contributed by atoms with Crippen molar-refractivity contribution in [3.63, 3.8) is 0 Å². The predicted octanol–water partition coefficient (Wildman–Crippen LogP) is 1.59. The molecule has 2 atom stereocenters. The van der Waals surface area contributed by atoms with Crippen LogP contribution >= 0.6 is 0 Å². The molecule has 0 spiro atoms. The van der Waals surface area contributed by atoms with Gasteiger partial charge < -0.3 is 5.32 Å². The van der Waals surface area contributed by atoms with Crippen LogP contribution in [0.25, 0.3) is 0 Å². The molecule has 0 bridgehead atoms. The van der Waals surface area contributed by atoms with Gasteiger partial charge in [-0.3, -0.25) is 0 Å². The Morgan fingerprint density at radius 2 is 1.93 bits per heavy atom. The van der Waals surface area contributed by atoms with Crippen LogP contribution < -0.4 is 5.32 Å². The third-order valence-corrected chi connectivity index (χ3v) is 5.78. The second-order valence-corrected chi connectivity index (χ2v) is 8.24. The summed E-state index contributed by atoms with van der Waals surface area (Å²) in [6.07, 6.45) is 3.20. The minimum atomic E-state index is -2.96. The maximum absolute atomic E-state index is 11.8. The van der Waals surface area contributed by atoms with E-state index in [0.717, 1.165) is 12.8 Å². The molecule has 0 saturated heterocycles. The Bertz CT molecular complexity index is 329. The second-order valence-electron chi connectivity index (χ2n) is 5.88. The van der Waals surface area contributed by atoms with Crippen molar-refractivity contribution in [3.05, 3.63) is 0 Å². The van der Waals surface area contributed by atoms with Crippen molar-refractivity contribution in [1.82, 2.24) is 5.32 Å². The Kier molecular flexibility index (Phi) is 3.23. The lowest BCUT2D eigenvalue weighted by Crippen LogP contribution is -2.60. The van der Waals surface area contributed by atoms with E-state index in [2.05, 4.69) is 26.1 Å². The monoisotopic (exact) mass is 233 g/mol. The van der Waals surface area contributed by atoms with Crippen molar-refractivity contribution in [2.24, 2.45) is 5.92 Å². The summed E-state index contributed by atoms with van der Waals surface area (Å²) in [5, 5.41) is 3.32. The smallest absolute Gasteiger partial charge is 0.154 e. The summed E-state index contributed by atoms with van der Waals surface area (Å²) >= 11 is 0. The fourth-order valence-electron chi connectivity index (χ4n) is 2.11. The summed E-state index contributed by atoms with van der Waals surface area (Å²) in [6, 6.07) is 0. The van der Waals surface area contributed by atoms with Gasteiger partial charge in [-0.15, -0.1) is 0 Å². The standard InChI is InChI=1S/C11H23NO2S/c1-9-6-7-11(9,15(5,13)14)8-12-10(2,3)4/h9,12H,6-8H2,1-5H3. The Morgan fingerprint density at radius 3 is 2.13 bits per heavy atom. The van der Waals surface area contributed by atoms with Gasteiger partial charge in [-0.1, -0.05) is 6.92 Å². The van der Waals surface area contributed by atoms with E-state index in [1.807, 2.05) is 6.92 Å². The second kappa shape index (κ2) is 3.74. The van der Waals surface area contributed by atoms with Crippen LogP contribution in [0.1, 0.15) is 40.5 Å². The molecular weight excluding hydrogens is 210 g/mol. The third-order valence-electron chi connectivity index (χ3n) is 3.56. The van der Waals surface area contributed by atoms with Crippen molar-refractivity contribution in [2.45, 2.75) is 50.8 Å². The minimum Gasteiger partial charge on any atom is -0.310 e. The lowest BCUT2D eigenvalue weighted by Gasteiger charge is -2.47. The maximum atomic E-state index is 11.8. The van der Waals surface area contributed by atoms with Gasteiger partial charge in [-0.2, -0.15) is 0 Å². The molecule has 3 nitrogen and oxygen atoms in total. The molecular formula is C11H23NO2S. The van der Waals surface area contributed by atoms with E-state index in [0.29, 0.717) is 6.54 Å². The highest BCUT2D eigenvalue weighted by Gasteiger charge is 2.52. The summed E-state index contributed by atoms with van der Waals surface area (Å²) < 4.78 is 23.1. The van der Waals surface area contributed by atoms with Gasteiger partial charge in [0.05, 0.1) is 4.75 Å². The average molecular weight is 233 g/mol.